The van der Waals surface area contributed by atoms with Gasteiger partial charge in [0.25, 0.3) is 5.91 Å². The van der Waals surface area contributed by atoms with Crippen molar-refractivity contribution in [1.29, 1.82) is 0 Å². The van der Waals surface area contributed by atoms with E-state index in [0.717, 1.165) is 0 Å². The van der Waals surface area contributed by atoms with E-state index in [1.54, 1.807) is 26.1 Å². The van der Waals surface area contributed by atoms with Crippen LogP contribution in [0.1, 0.15) is 24.2 Å². The van der Waals surface area contributed by atoms with Crippen LogP contribution in [-0.2, 0) is 9.53 Å². The molecule has 0 saturated heterocycles. The molecule has 0 bridgehead atoms. The van der Waals surface area contributed by atoms with E-state index in [-0.39, 0.29) is 30.4 Å². The Morgan fingerprint density at radius 3 is 2.60 bits per heavy atom. The number of carbonyl (C=O) groups excluding carboxylic acids is 2. The first-order chi connectivity index (χ1) is 9.49. The second kappa shape index (κ2) is 7.37. The number of esters is 1. The van der Waals surface area contributed by atoms with Gasteiger partial charge in [-0.25, -0.2) is 4.79 Å². The molecule has 6 heteroatoms. The SMILES string of the molecule is CCOC(=O)c1cc(N)ccc1OCC(=O)N(C)CC. The lowest BCUT2D eigenvalue weighted by atomic mass is 10.2. The second-order valence-corrected chi connectivity index (χ2v) is 4.17. The van der Waals surface area contributed by atoms with Crippen molar-refractivity contribution in [3.63, 3.8) is 0 Å². The Balaban J connectivity index is 2.84. The van der Waals surface area contributed by atoms with Crippen LogP contribution in [-0.4, -0.2) is 43.6 Å². The van der Waals surface area contributed by atoms with Gasteiger partial charge in [0.15, 0.2) is 6.61 Å². The van der Waals surface area contributed by atoms with E-state index in [9.17, 15) is 9.59 Å². The van der Waals surface area contributed by atoms with Gasteiger partial charge in [-0.3, -0.25) is 4.79 Å². The van der Waals surface area contributed by atoms with Crippen LogP contribution in [0.15, 0.2) is 18.2 Å². The predicted molar refractivity (Wildman–Crippen MR) is 75.6 cm³/mol. The average Bonchev–Trinajstić information content (AvgIpc) is 2.44. The quantitative estimate of drug-likeness (QED) is 0.627. The number of hydrogen-bond acceptors (Lipinski definition) is 5. The Kier molecular flexibility index (Phi) is 5.83. The normalized spacial score (nSPS) is 9.95. The molecule has 1 amide bonds. The van der Waals surface area contributed by atoms with Gasteiger partial charge in [-0.15, -0.1) is 0 Å². The number of likely N-dealkylation sites (N-methyl/N-ethyl adjacent to an activating group) is 1. The lowest BCUT2D eigenvalue weighted by Crippen LogP contribution is -2.31. The van der Waals surface area contributed by atoms with E-state index in [1.165, 1.54) is 11.0 Å². The summed E-state index contributed by atoms with van der Waals surface area (Å²) >= 11 is 0. The van der Waals surface area contributed by atoms with Gasteiger partial charge in [-0.2, -0.15) is 0 Å². The van der Waals surface area contributed by atoms with Crippen LogP contribution in [0.4, 0.5) is 5.69 Å². The van der Waals surface area contributed by atoms with Gasteiger partial charge in [0.1, 0.15) is 11.3 Å². The third kappa shape index (κ3) is 4.15. The Morgan fingerprint density at radius 1 is 1.30 bits per heavy atom. The van der Waals surface area contributed by atoms with Crippen molar-refractivity contribution in [2.24, 2.45) is 0 Å². The molecule has 1 aromatic rings. The molecule has 6 nitrogen and oxygen atoms in total. The molecule has 0 aromatic heterocycles. The molecule has 20 heavy (non-hydrogen) atoms. The predicted octanol–water partition coefficient (Wildman–Crippen LogP) is 1.30. The third-order valence-corrected chi connectivity index (χ3v) is 2.75. The van der Waals surface area contributed by atoms with Gasteiger partial charge in [0.05, 0.1) is 6.61 Å². The summed E-state index contributed by atoms with van der Waals surface area (Å²) in [4.78, 5) is 25.0. The van der Waals surface area contributed by atoms with E-state index < -0.39 is 5.97 Å². The summed E-state index contributed by atoms with van der Waals surface area (Å²) in [5.74, 6) is -0.402. The number of nitrogens with zero attached hydrogens (tertiary/aromatic N) is 1. The topological polar surface area (TPSA) is 81.9 Å². The number of rotatable bonds is 6. The first-order valence-corrected chi connectivity index (χ1v) is 6.43. The number of carbonyl (C=O) groups is 2. The lowest BCUT2D eigenvalue weighted by Gasteiger charge is -2.16. The summed E-state index contributed by atoms with van der Waals surface area (Å²) in [5, 5.41) is 0. The van der Waals surface area contributed by atoms with Crippen LogP contribution < -0.4 is 10.5 Å². The molecule has 0 aliphatic heterocycles. The molecule has 0 unspecified atom stereocenters. The van der Waals surface area contributed by atoms with Crippen LogP contribution in [0, 0.1) is 0 Å². The fourth-order valence-electron chi connectivity index (χ4n) is 1.47. The largest absolute Gasteiger partial charge is 0.483 e. The first-order valence-electron chi connectivity index (χ1n) is 6.43. The average molecular weight is 280 g/mol. The van der Waals surface area contributed by atoms with E-state index in [4.69, 9.17) is 15.2 Å². The molecule has 0 aliphatic carbocycles. The van der Waals surface area contributed by atoms with Crippen molar-refractivity contribution in [2.75, 3.05) is 32.5 Å². The molecule has 0 aliphatic rings. The summed E-state index contributed by atoms with van der Waals surface area (Å²) in [6.07, 6.45) is 0. The number of nitrogens with two attached hydrogens (primary N) is 1. The van der Waals surface area contributed by atoms with Crippen LogP contribution in [0.2, 0.25) is 0 Å². The minimum absolute atomic E-state index is 0.138. The smallest absolute Gasteiger partial charge is 0.341 e. The molecule has 1 rings (SSSR count). The zero-order chi connectivity index (χ0) is 15.1. The number of amides is 1. The van der Waals surface area contributed by atoms with E-state index >= 15 is 0 Å². The molecular formula is C14H20N2O4. The summed E-state index contributed by atoms with van der Waals surface area (Å²) in [7, 11) is 1.68. The third-order valence-electron chi connectivity index (χ3n) is 2.75. The van der Waals surface area contributed by atoms with Crippen molar-refractivity contribution in [3.8, 4) is 5.75 Å². The molecule has 0 atom stereocenters. The number of benzene rings is 1. The maximum absolute atomic E-state index is 11.8. The highest BCUT2D eigenvalue weighted by molar-refractivity contribution is 5.93. The minimum Gasteiger partial charge on any atom is -0.483 e. The molecule has 0 spiro atoms. The number of ether oxygens (including phenoxy) is 2. The van der Waals surface area contributed by atoms with Crippen molar-refractivity contribution in [2.45, 2.75) is 13.8 Å². The van der Waals surface area contributed by atoms with Crippen LogP contribution in [0.25, 0.3) is 0 Å². The highest BCUT2D eigenvalue weighted by Crippen LogP contribution is 2.22. The van der Waals surface area contributed by atoms with Gasteiger partial charge in [-0.05, 0) is 32.0 Å². The van der Waals surface area contributed by atoms with E-state index in [1.807, 2.05) is 6.92 Å². The number of hydrogen-bond donors (Lipinski definition) is 1. The van der Waals surface area contributed by atoms with E-state index in [2.05, 4.69) is 0 Å². The Morgan fingerprint density at radius 2 is 2.00 bits per heavy atom. The van der Waals surface area contributed by atoms with Crippen LogP contribution in [0.5, 0.6) is 5.75 Å². The molecule has 110 valence electrons. The molecular weight excluding hydrogens is 260 g/mol. The standard InChI is InChI=1S/C14H20N2O4/c1-4-16(3)13(17)9-20-12-7-6-10(15)8-11(12)14(18)19-5-2/h6-8H,4-5,9,15H2,1-3H3. The van der Waals surface area contributed by atoms with Gasteiger partial charge >= 0.3 is 5.97 Å². The maximum Gasteiger partial charge on any atom is 0.341 e. The summed E-state index contributed by atoms with van der Waals surface area (Å²) < 4.78 is 10.3. The molecule has 2 N–H and O–H groups in total. The number of nitrogen functional groups attached to an aromatic ring is 1. The monoisotopic (exact) mass is 280 g/mol. The maximum atomic E-state index is 11.8. The van der Waals surface area contributed by atoms with Crippen LogP contribution in [0.3, 0.4) is 0 Å². The molecule has 0 fully saturated rings. The Labute approximate surface area is 118 Å². The fourth-order valence-corrected chi connectivity index (χ4v) is 1.47. The van der Waals surface area contributed by atoms with E-state index in [0.29, 0.717) is 12.2 Å². The number of anilines is 1. The minimum atomic E-state index is -0.522. The Bertz CT molecular complexity index is 488. The lowest BCUT2D eigenvalue weighted by molar-refractivity contribution is -0.131. The Hall–Kier alpha value is -2.24. The highest BCUT2D eigenvalue weighted by Gasteiger charge is 2.16. The van der Waals surface area contributed by atoms with Crippen molar-refractivity contribution >= 4 is 17.6 Å². The molecule has 0 heterocycles. The molecule has 0 radical (unpaired) electrons. The van der Waals surface area contributed by atoms with Crippen LogP contribution >= 0.6 is 0 Å². The highest BCUT2D eigenvalue weighted by atomic mass is 16.5. The fraction of sp³-hybridized carbons (Fsp3) is 0.429. The van der Waals surface area contributed by atoms with Crippen molar-refractivity contribution < 1.29 is 19.1 Å². The summed E-state index contributed by atoms with van der Waals surface area (Å²) in [6.45, 7) is 4.29. The van der Waals surface area contributed by atoms with Crippen molar-refractivity contribution in [1.82, 2.24) is 4.90 Å². The van der Waals surface area contributed by atoms with Gasteiger partial charge in [0, 0.05) is 19.3 Å². The first kappa shape index (κ1) is 15.8. The van der Waals surface area contributed by atoms with Gasteiger partial charge in [-0.1, -0.05) is 0 Å². The summed E-state index contributed by atoms with van der Waals surface area (Å²) in [5.41, 5.74) is 6.30. The molecule has 1 aromatic carbocycles. The van der Waals surface area contributed by atoms with Gasteiger partial charge in [0.2, 0.25) is 0 Å². The molecule has 0 saturated carbocycles. The second-order valence-electron chi connectivity index (χ2n) is 4.17. The van der Waals surface area contributed by atoms with Crippen molar-refractivity contribution in [3.05, 3.63) is 23.8 Å². The zero-order valence-electron chi connectivity index (χ0n) is 12.0. The zero-order valence-corrected chi connectivity index (χ0v) is 12.0. The summed E-state index contributed by atoms with van der Waals surface area (Å²) in [6, 6.07) is 4.63. The van der Waals surface area contributed by atoms with Gasteiger partial charge < -0.3 is 20.1 Å².